The van der Waals surface area contributed by atoms with E-state index >= 15 is 0 Å². The van der Waals surface area contributed by atoms with E-state index in [1.807, 2.05) is 0 Å². The van der Waals surface area contributed by atoms with Gasteiger partial charge in [-0.3, -0.25) is 4.79 Å². The smallest absolute Gasteiger partial charge is 0.332 e. The molecule has 2 aromatic heterocycles. The number of hydrogen-bond acceptors (Lipinski definition) is 5. The molecular formula is C13H13ClN4O4. The fraction of sp³-hybridized carbons (Fsp3) is 0.385. The Hall–Kier alpha value is -2.35. The van der Waals surface area contributed by atoms with Crippen LogP contribution in [0.1, 0.15) is 29.6 Å². The molecule has 0 saturated heterocycles. The van der Waals surface area contributed by atoms with Gasteiger partial charge in [0.25, 0.3) is 0 Å². The van der Waals surface area contributed by atoms with Crippen molar-refractivity contribution in [1.29, 1.82) is 0 Å². The molecule has 0 spiro atoms. The van der Waals surface area contributed by atoms with Crippen molar-refractivity contribution in [2.24, 2.45) is 0 Å². The van der Waals surface area contributed by atoms with Crippen LogP contribution in [0, 0.1) is 0 Å². The zero-order chi connectivity index (χ0) is 15.7. The van der Waals surface area contributed by atoms with Crippen LogP contribution in [0.5, 0.6) is 0 Å². The highest BCUT2D eigenvalue weighted by molar-refractivity contribution is 6.29. The minimum absolute atomic E-state index is 0.120. The molecule has 22 heavy (non-hydrogen) atoms. The van der Waals surface area contributed by atoms with Crippen molar-refractivity contribution < 1.29 is 19.2 Å². The number of nitrogens with zero attached hydrogens (tertiary/aromatic N) is 3. The van der Waals surface area contributed by atoms with Gasteiger partial charge in [0, 0.05) is 37.6 Å². The largest absolute Gasteiger partial charge is 0.479 e. The van der Waals surface area contributed by atoms with Crippen molar-refractivity contribution in [3.8, 4) is 0 Å². The lowest BCUT2D eigenvalue weighted by molar-refractivity contribution is -0.151. The van der Waals surface area contributed by atoms with E-state index in [2.05, 4.69) is 15.1 Å². The summed E-state index contributed by atoms with van der Waals surface area (Å²) in [4.78, 5) is 32.2. The molecule has 0 saturated carbocycles. The van der Waals surface area contributed by atoms with Gasteiger partial charge in [0.15, 0.2) is 11.2 Å². The zero-order valence-corrected chi connectivity index (χ0v) is 12.2. The van der Waals surface area contributed by atoms with Crippen molar-refractivity contribution in [2.75, 3.05) is 6.54 Å². The molecule has 2 aromatic rings. The molecule has 0 radical (unpaired) electrons. The van der Waals surface area contributed by atoms with Gasteiger partial charge >= 0.3 is 5.97 Å². The molecular weight excluding hydrogens is 312 g/mol. The molecule has 1 aliphatic heterocycles. The quantitative estimate of drug-likeness (QED) is 0.873. The minimum atomic E-state index is -1.09. The number of carboxylic acid groups (broad SMARTS) is 1. The third kappa shape index (κ3) is 2.69. The maximum absolute atomic E-state index is 12.4. The molecule has 2 N–H and O–H groups in total. The zero-order valence-electron chi connectivity index (χ0n) is 11.5. The Morgan fingerprint density at radius 1 is 1.55 bits per heavy atom. The van der Waals surface area contributed by atoms with E-state index in [9.17, 15) is 14.7 Å². The number of aromatic nitrogens is 3. The third-order valence-electron chi connectivity index (χ3n) is 3.59. The number of carbonyl (C=O) groups excluding carboxylic acids is 1. The first-order chi connectivity index (χ1) is 10.6. The van der Waals surface area contributed by atoms with Crippen LogP contribution in [0.2, 0.25) is 5.15 Å². The Morgan fingerprint density at radius 3 is 3.05 bits per heavy atom. The lowest BCUT2D eigenvalue weighted by atomic mass is 10.0. The number of carboxylic acids is 1. The van der Waals surface area contributed by atoms with Crippen LogP contribution >= 0.6 is 11.6 Å². The summed E-state index contributed by atoms with van der Waals surface area (Å²) in [6, 6.07) is 0.478. The van der Waals surface area contributed by atoms with Crippen LogP contribution < -0.4 is 0 Å². The number of aryl methyl sites for hydroxylation is 1. The third-order valence-corrected chi connectivity index (χ3v) is 3.77. The Balaban J connectivity index is 1.73. The van der Waals surface area contributed by atoms with Crippen LogP contribution in [-0.4, -0.2) is 43.6 Å². The van der Waals surface area contributed by atoms with Gasteiger partial charge in [-0.2, -0.15) is 0 Å². The Kier molecular flexibility index (Phi) is 3.84. The van der Waals surface area contributed by atoms with Gasteiger partial charge in [-0.25, -0.2) is 9.78 Å². The van der Waals surface area contributed by atoms with Crippen molar-refractivity contribution in [3.63, 3.8) is 0 Å². The molecule has 0 bridgehead atoms. The Bertz CT molecular complexity index is 710. The highest BCUT2D eigenvalue weighted by Gasteiger charge is 2.37. The summed E-state index contributed by atoms with van der Waals surface area (Å²) < 4.78 is 4.93. The number of hydrogen-bond donors (Lipinski definition) is 2. The molecule has 1 aliphatic rings. The lowest BCUT2D eigenvalue weighted by Gasteiger charge is -2.32. The topological polar surface area (TPSA) is 112 Å². The van der Waals surface area contributed by atoms with Crippen LogP contribution in [0.15, 0.2) is 16.9 Å². The van der Waals surface area contributed by atoms with Crippen molar-refractivity contribution in [2.45, 2.75) is 25.3 Å². The average Bonchev–Trinajstić information content (AvgIpc) is 3.11. The maximum atomic E-state index is 12.4. The number of aliphatic carboxylic acids is 1. The van der Waals surface area contributed by atoms with Gasteiger partial charge in [-0.15, -0.1) is 0 Å². The molecule has 1 atom stereocenters. The number of carbonyl (C=O) groups is 2. The van der Waals surface area contributed by atoms with Gasteiger partial charge < -0.3 is 19.5 Å². The summed E-state index contributed by atoms with van der Waals surface area (Å²) in [5.41, 5.74) is 1.16. The van der Waals surface area contributed by atoms with E-state index in [0.29, 0.717) is 30.8 Å². The number of H-pyrrole nitrogens is 1. The monoisotopic (exact) mass is 324 g/mol. The van der Waals surface area contributed by atoms with E-state index in [0.717, 1.165) is 5.69 Å². The number of aromatic amines is 1. The summed E-state index contributed by atoms with van der Waals surface area (Å²) in [6.07, 6.45) is 2.44. The molecule has 0 fully saturated rings. The van der Waals surface area contributed by atoms with E-state index in [1.54, 1.807) is 0 Å². The summed E-state index contributed by atoms with van der Waals surface area (Å²) in [7, 11) is 0. The van der Waals surface area contributed by atoms with E-state index in [4.69, 9.17) is 16.1 Å². The second-order valence-electron chi connectivity index (χ2n) is 4.96. The van der Waals surface area contributed by atoms with Crippen LogP contribution in [0.4, 0.5) is 0 Å². The molecule has 1 amide bonds. The van der Waals surface area contributed by atoms with Gasteiger partial charge in [0.2, 0.25) is 5.91 Å². The van der Waals surface area contributed by atoms with E-state index in [1.165, 1.54) is 17.3 Å². The molecule has 0 aromatic carbocycles. The maximum Gasteiger partial charge on any atom is 0.332 e. The molecule has 116 valence electrons. The lowest BCUT2D eigenvalue weighted by Crippen LogP contribution is -2.43. The van der Waals surface area contributed by atoms with Crippen molar-refractivity contribution >= 4 is 23.5 Å². The normalized spacial score (nSPS) is 17.3. The van der Waals surface area contributed by atoms with Crippen LogP contribution in [0.3, 0.4) is 0 Å². The SMILES string of the molecule is O=C(O)[C@H]1c2nc[nH]c2CCN1C(=O)CCc1cc(Cl)no1. The fourth-order valence-electron chi connectivity index (χ4n) is 2.57. The van der Waals surface area contributed by atoms with Crippen molar-refractivity contribution in [3.05, 3.63) is 34.7 Å². The second-order valence-corrected chi connectivity index (χ2v) is 5.35. The second kappa shape index (κ2) is 5.80. The Morgan fingerprint density at radius 2 is 2.36 bits per heavy atom. The minimum Gasteiger partial charge on any atom is -0.479 e. The molecule has 0 unspecified atom stereocenters. The van der Waals surface area contributed by atoms with Crippen LogP contribution in [-0.2, 0) is 22.4 Å². The van der Waals surface area contributed by atoms with Gasteiger partial charge in [-0.1, -0.05) is 16.8 Å². The molecule has 3 rings (SSSR count). The highest BCUT2D eigenvalue weighted by atomic mass is 35.5. The van der Waals surface area contributed by atoms with E-state index in [-0.39, 0.29) is 17.5 Å². The fourth-order valence-corrected chi connectivity index (χ4v) is 2.73. The Labute approximate surface area is 130 Å². The van der Waals surface area contributed by atoms with E-state index < -0.39 is 12.0 Å². The van der Waals surface area contributed by atoms with Gasteiger partial charge in [0.05, 0.1) is 12.0 Å². The van der Waals surface area contributed by atoms with Gasteiger partial charge in [0.1, 0.15) is 5.76 Å². The van der Waals surface area contributed by atoms with Crippen molar-refractivity contribution in [1.82, 2.24) is 20.0 Å². The first-order valence-electron chi connectivity index (χ1n) is 6.72. The summed E-state index contributed by atoms with van der Waals surface area (Å²) in [6.45, 7) is 0.335. The number of imidazole rings is 1. The number of rotatable bonds is 4. The highest BCUT2D eigenvalue weighted by Crippen LogP contribution is 2.28. The first-order valence-corrected chi connectivity index (χ1v) is 7.09. The molecule has 0 aliphatic carbocycles. The van der Waals surface area contributed by atoms with Gasteiger partial charge in [-0.05, 0) is 0 Å². The predicted octanol–water partition coefficient (Wildman–Crippen LogP) is 1.19. The number of nitrogens with one attached hydrogen (secondary N) is 1. The summed E-state index contributed by atoms with van der Waals surface area (Å²) in [5.74, 6) is -0.875. The number of halogens is 1. The summed E-state index contributed by atoms with van der Waals surface area (Å²) >= 11 is 5.64. The standard InChI is InChI=1S/C13H13ClN4O4/c14-9-5-7(22-17-9)1-2-10(19)18-4-3-8-11(16-6-15-8)12(18)13(20)21/h5-6,12H,1-4H2,(H,15,16)(H,20,21)/t12-/m1/s1. The number of fused-ring (bicyclic) bond motifs is 1. The van der Waals surface area contributed by atoms with Crippen LogP contribution in [0.25, 0.3) is 0 Å². The number of amides is 1. The molecule has 3 heterocycles. The average molecular weight is 325 g/mol. The first kappa shape index (κ1) is 14.6. The molecule has 8 nitrogen and oxygen atoms in total. The predicted molar refractivity (Wildman–Crippen MR) is 74.2 cm³/mol. The molecule has 9 heteroatoms. The summed E-state index contributed by atoms with van der Waals surface area (Å²) in [5, 5.41) is 13.2.